The van der Waals surface area contributed by atoms with E-state index >= 15 is 0 Å². The summed E-state index contributed by atoms with van der Waals surface area (Å²) in [4.78, 5) is 27.2. The number of benzene rings is 2. The Morgan fingerprint density at radius 2 is 1.92 bits per heavy atom. The standard InChI is InChI=1S/C30H31N3O2S2/c1-30(2,3)21-13-14-24-25(18-31)29(37-26(24)16-21)33-28(35)19-36-23-11-7-10-22(17-23)32-27(34)15-12-20-8-5-4-6-9-20/h4-12,15,17,21H,13-14,16,19H2,1-3H3,(H,32,34)(H,33,35)/b15-12+. The fourth-order valence-electron chi connectivity index (χ4n) is 4.43. The van der Waals surface area contributed by atoms with Crippen molar-refractivity contribution in [1.29, 1.82) is 5.26 Å². The molecule has 1 atom stereocenters. The van der Waals surface area contributed by atoms with Gasteiger partial charge in [0, 0.05) is 21.5 Å². The molecule has 37 heavy (non-hydrogen) atoms. The van der Waals surface area contributed by atoms with Crippen LogP contribution in [0.5, 0.6) is 0 Å². The Labute approximate surface area is 227 Å². The Morgan fingerprint density at radius 1 is 1.14 bits per heavy atom. The molecule has 1 aromatic heterocycles. The monoisotopic (exact) mass is 529 g/mol. The van der Waals surface area contributed by atoms with Crippen LogP contribution >= 0.6 is 23.1 Å². The van der Waals surface area contributed by atoms with Gasteiger partial charge in [-0.25, -0.2) is 0 Å². The SMILES string of the molecule is CC(C)(C)C1CCc2c(sc(NC(=O)CSc3cccc(NC(=O)/C=C/c4ccccc4)c3)c2C#N)C1. The van der Waals surface area contributed by atoms with Crippen molar-refractivity contribution in [3.05, 3.63) is 82.2 Å². The fraction of sp³-hybridized carbons (Fsp3) is 0.300. The van der Waals surface area contributed by atoms with Crippen LogP contribution in [-0.2, 0) is 22.4 Å². The largest absolute Gasteiger partial charge is 0.322 e. The van der Waals surface area contributed by atoms with Gasteiger partial charge in [-0.1, -0.05) is 57.2 Å². The van der Waals surface area contributed by atoms with Crippen molar-refractivity contribution in [3.8, 4) is 6.07 Å². The second-order valence-corrected chi connectivity index (χ2v) is 12.4. The third-order valence-corrected chi connectivity index (χ3v) is 8.72. The van der Waals surface area contributed by atoms with Gasteiger partial charge in [0.2, 0.25) is 11.8 Å². The summed E-state index contributed by atoms with van der Waals surface area (Å²) in [6, 6.07) is 19.4. The minimum Gasteiger partial charge on any atom is -0.322 e. The van der Waals surface area contributed by atoms with Gasteiger partial charge in [0.1, 0.15) is 11.1 Å². The van der Waals surface area contributed by atoms with E-state index in [4.69, 9.17) is 0 Å². The van der Waals surface area contributed by atoms with Crippen LogP contribution in [0.2, 0.25) is 0 Å². The lowest BCUT2D eigenvalue weighted by atomic mass is 9.72. The lowest BCUT2D eigenvalue weighted by Crippen LogP contribution is -2.26. The molecule has 0 saturated carbocycles. The molecule has 1 aliphatic rings. The minimum atomic E-state index is -0.219. The molecule has 0 radical (unpaired) electrons. The number of thiophene rings is 1. The van der Waals surface area contributed by atoms with E-state index in [1.165, 1.54) is 22.7 Å². The maximum atomic E-state index is 12.8. The highest BCUT2D eigenvalue weighted by molar-refractivity contribution is 8.00. The molecular formula is C30H31N3O2S2. The van der Waals surface area contributed by atoms with Gasteiger partial charge >= 0.3 is 0 Å². The van der Waals surface area contributed by atoms with E-state index in [-0.39, 0.29) is 23.0 Å². The molecule has 0 saturated heterocycles. The van der Waals surface area contributed by atoms with Crippen LogP contribution in [-0.4, -0.2) is 17.6 Å². The van der Waals surface area contributed by atoms with E-state index in [2.05, 4.69) is 37.5 Å². The first kappa shape index (κ1) is 26.7. The van der Waals surface area contributed by atoms with Gasteiger partial charge in [0.25, 0.3) is 0 Å². The van der Waals surface area contributed by atoms with E-state index in [1.54, 1.807) is 17.4 Å². The number of hydrogen-bond donors (Lipinski definition) is 2. The zero-order chi connectivity index (χ0) is 26.4. The maximum absolute atomic E-state index is 12.8. The summed E-state index contributed by atoms with van der Waals surface area (Å²) in [5, 5.41) is 16.3. The predicted molar refractivity (Wildman–Crippen MR) is 154 cm³/mol. The lowest BCUT2D eigenvalue weighted by Gasteiger charge is -2.33. The summed E-state index contributed by atoms with van der Waals surface area (Å²) in [5.74, 6) is 0.422. The molecule has 5 nitrogen and oxygen atoms in total. The molecule has 2 N–H and O–H groups in total. The van der Waals surface area contributed by atoms with Crippen LogP contribution in [0, 0.1) is 22.7 Å². The molecule has 1 aliphatic carbocycles. The number of carbonyl (C=O) groups excluding carboxylic acids is 2. The zero-order valence-electron chi connectivity index (χ0n) is 21.3. The van der Waals surface area contributed by atoms with Gasteiger partial charge in [0.15, 0.2) is 0 Å². The van der Waals surface area contributed by atoms with Crippen molar-refractivity contribution in [1.82, 2.24) is 0 Å². The minimum absolute atomic E-state index is 0.146. The van der Waals surface area contributed by atoms with Gasteiger partial charge in [0.05, 0.1) is 11.3 Å². The van der Waals surface area contributed by atoms with Crippen LogP contribution in [0.4, 0.5) is 10.7 Å². The molecule has 7 heteroatoms. The van der Waals surface area contributed by atoms with E-state index in [0.717, 1.165) is 35.3 Å². The number of nitrogens with zero attached hydrogens (tertiary/aromatic N) is 1. The van der Waals surface area contributed by atoms with Crippen molar-refractivity contribution in [2.75, 3.05) is 16.4 Å². The van der Waals surface area contributed by atoms with Crippen molar-refractivity contribution in [2.24, 2.45) is 11.3 Å². The van der Waals surface area contributed by atoms with Gasteiger partial charge in [-0.05, 0) is 66.0 Å². The fourth-order valence-corrected chi connectivity index (χ4v) is 6.48. The lowest BCUT2D eigenvalue weighted by molar-refractivity contribution is -0.114. The Balaban J connectivity index is 1.34. The number of carbonyl (C=O) groups is 2. The van der Waals surface area contributed by atoms with Crippen molar-refractivity contribution in [3.63, 3.8) is 0 Å². The Morgan fingerprint density at radius 3 is 2.65 bits per heavy atom. The second-order valence-electron chi connectivity index (χ2n) is 10.2. The average molecular weight is 530 g/mol. The third kappa shape index (κ3) is 7.12. The molecule has 0 bridgehead atoms. The summed E-state index contributed by atoms with van der Waals surface area (Å²) in [6.45, 7) is 6.80. The normalized spacial score (nSPS) is 15.1. The Hall–Kier alpha value is -3.34. The third-order valence-electron chi connectivity index (χ3n) is 6.55. The first-order valence-electron chi connectivity index (χ1n) is 12.3. The van der Waals surface area contributed by atoms with Crippen molar-refractivity contribution < 1.29 is 9.59 Å². The summed E-state index contributed by atoms with van der Waals surface area (Å²) >= 11 is 2.94. The van der Waals surface area contributed by atoms with Gasteiger partial charge in [-0.15, -0.1) is 23.1 Å². The predicted octanol–water partition coefficient (Wildman–Crippen LogP) is 7.15. The van der Waals surface area contributed by atoms with Crippen LogP contribution in [0.1, 0.15) is 48.8 Å². The Bertz CT molecular complexity index is 1350. The van der Waals surface area contributed by atoms with Crippen LogP contribution in [0.3, 0.4) is 0 Å². The molecular weight excluding hydrogens is 498 g/mol. The summed E-state index contributed by atoms with van der Waals surface area (Å²) in [5.41, 5.74) is 3.58. The molecule has 0 fully saturated rings. The first-order chi connectivity index (χ1) is 17.7. The highest BCUT2D eigenvalue weighted by atomic mass is 32.2. The number of rotatable bonds is 7. The smallest absolute Gasteiger partial charge is 0.248 e. The summed E-state index contributed by atoms with van der Waals surface area (Å²) in [6.07, 6.45) is 6.18. The first-order valence-corrected chi connectivity index (χ1v) is 14.1. The molecule has 1 unspecified atom stereocenters. The molecule has 2 aromatic carbocycles. The average Bonchev–Trinajstić information content (AvgIpc) is 3.22. The number of nitrogens with one attached hydrogen (secondary N) is 2. The molecule has 0 aliphatic heterocycles. The molecule has 3 aromatic rings. The van der Waals surface area contributed by atoms with Crippen LogP contribution in [0.15, 0.2) is 65.6 Å². The molecule has 190 valence electrons. The van der Waals surface area contributed by atoms with E-state index in [0.29, 0.717) is 22.2 Å². The van der Waals surface area contributed by atoms with Gasteiger partial charge < -0.3 is 10.6 Å². The number of fused-ring (bicyclic) bond motifs is 1. The number of hydrogen-bond acceptors (Lipinski definition) is 5. The van der Waals surface area contributed by atoms with Gasteiger partial charge in [-0.2, -0.15) is 5.26 Å². The number of thioether (sulfide) groups is 1. The van der Waals surface area contributed by atoms with Crippen molar-refractivity contribution in [2.45, 2.75) is 44.9 Å². The quantitative estimate of drug-likeness (QED) is 0.251. The molecule has 0 spiro atoms. The Kier molecular flexibility index (Phi) is 8.52. The second kappa shape index (κ2) is 11.8. The van der Waals surface area contributed by atoms with Crippen LogP contribution < -0.4 is 10.6 Å². The van der Waals surface area contributed by atoms with Gasteiger partial charge in [-0.3, -0.25) is 9.59 Å². The highest BCUT2D eigenvalue weighted by Gasteiger charge is 2.32. The zero-order valence-corrected chi connectivity index (χ0v) is 23.0. The number of nitriles is 1. The van der Waals surface area contributed by atoms with Crippen molar-refractivity contribution >= 4 is 51.7 Å². The molecule has 2 amide bonds. The molecule has 4 rings (SSSR count). The molecule has 1 heterocycles. The van der Waals surface area contributed by atoms with Crippen LogP contribution in [0.25, 0.3) is 6.08 Å². The maximum Gasteiger partial charge on any atom is 0.248 e. The van der Waals surface area contributed by atoms with E-state index < -0.39 is 0 Å². The van der Waals surface area contributed by atoms with E-state index in [1.807, 2.05) is 54.6 Å². The summed E-state index contributed by atoms with van der Waals surface area (Å²) < 4.78 is 0. The van der Waals surface area contributed by atoms with E-state index in [9.17, 15) is 14.9 Å². The topological polar surface area (TPSA) is 82.0 Å². The number of amides is 2. The highest BCUT2D eigenvalue weighted by Crippen LogP contribution is 2.44. The summed E-state index contributed by atoms with van der Waals surface area (Å²) in [7, 11) is 0. The number of anilines is 2.